The second-order valence-corrected chi connectivity index (χ2v) is 8.88. The summed E-state index contributed by atoms with van der Waals surface area (Å²) in [5.41, 5.74) is 17.9. The summed E-state index contributed by atoms with van der Waals surface area (Å²) in [5, 5.41) is 0. The van der Waals surface area contributed by atoms with Gasteiger partial charge in [0.25, 0.3) is 0 Å². The van der Waals surface area contributed by atoms with Gasteiger partial charge in [-0.15, -0.1) is 0 Å². The summed E-state index contributed by atoms with van der Waals surface area (Å²) in [5.74, 6) is 1.43. The van der Waals surface area contributed by atoms with Crippen molar-refractivity contribution in [3.8, 4) is 17.1 Å². The highest BCUT2D eigenvalue weighted by Crippen LogP contribution is 2.39. The molecule has 0 bridgehead atoms. The first-order chi connectivity index (χ1) is 16.6. The van der Waals surface area contributed by atoms with E-state index in [1.807, 2.05) is 30.3 Å². The molecule has 34 heavy (non-hydrogen) atoms. The third-order valence-electron chi connectivity index (χ3n) is 6.66. The Morgan fingerprint density at radius 2 is 1.85 bits per heavy atom. The van der Waals surface area contributed by atoms with Gasteiger partial charge in [-0.2, -0.15) is 0 Å². The maximum absolute atomic E-state index is 6.56. The standard InChI is InChI=1S/C27H30N6O/c1-34-16-5-9-20(17-28)25-31-23-18-30-24(19-7-3-2-4-8-19)32-26(23)33(25)22-12-10-21(11-13-22)27(29)14-6-15-27/h2-4,7-8,10-13,17-18H,5-6,9,14-16,28-29H2,1H3/b20-17+. The van der Waals surface area contributed by atoms with Gasteiger partial charge in [-0.25, -0.2) is 15.0 Å². The van der Waals surface area contributed by atoms with E-state index in [4.69, 9.17) is 26.2 Å². The quantitative estimate of drug-likeness (QED) is 0.379. The molecule has 7 heteroatoms. The summed E-state index contributed by atoms with van der Waals surface area (Å²) in [6.07, 6.45) is 8.24. The lowest BCUT2D eigenvalue weighted by Crippen LogP contribution is -2.43. The highest BCUT2D eigenvalue weighted by atomic mass is 16.5. The van der Waals surface area contributed by atoms with Crippen LogP contribution in [0.1, 0.15) is 43.5 Å². The largest absolute Gasteiger partial charge is 0.404 e. The molecule has 1 aliphatic carbocycles. The normalized spacial score (nSPS) is 15.4. The zero-order valence-electron chi connectivity index (χ0n) is 19.4. The Kier molecular flexibility index (Phi) is 6.13. The molecular formula is C27H30N6O. The fourth-order valence-electron chi connectivity index (χ4n) is 4.53. The van der Waals surface area contributed by atoms with Crippen LogP contribution in [0.2, 0.25) is 0 Å². The van der Waals surface area contributed by atoms with E-state index >= 15 is 0 Å². The number of allylic oxidation sites excluding steroid dienone is 1. The second kappa shape index (κ2) is 9.37. The highest BCUT2D eigenvalue weighted by Gasteiger charge is 2.34. The number of aromatic nitrogens is 4. The predicted molar refractivity (Wildman–Crippen MR) is 135 cm³/mol. The van der Waals surface area contributed by atoms with E-state index in [-0.39, 0.29) is 5.54 Å². The van der Waals surface area contributed by atoms with Crippen molar-refractivity contribution in [2.75, 3.05) is 13.7 Å². The minimum Gasteiger partial charge on any atom is -0.404 e. The molecule has 0 spiro atoms. The van der Waals surface area contributed by atoms with E-state index in [0.29, 0.717) is 12.4 Å². The van der Waals surface area contributed by atoms with Crippen molar-refractivity contribution in [2.45, 2.75) is 37.6 Å². The van der Waals surface area contributed by atoms with Crippen molar-refractivity contribution in [3.63, 3.8) is 0 Å². The van der Waals surface area contributed by atoms with Crippen LogP contribution in [-0.4, -0.2) is 33.2 Å². The van der Waals surface area contributed by atoms with Gasteiger partial charge in [0.1, 0.15) is 11.3 Å². The van der Waals surface area contributed by atoms with Gasteiger partial charge < -0.3 is 16.2 Å². The Morgan fingerprint density at radius 1 is 1.09 bits per heavy atom. The van der Waals surface area contributed by atoms with Gasteiger partial charge in [-0.05, 0) is 49.8 Å². The smallest absolute Gasteiger partial charge is 0.169 e. The third kappa shape index (κ3) is 4.08. The predicted octanol–water partition coefficient (Wildman–Crippen LogP) is 4.55. The molecule has 4 N–H and O–H groups in total. The average molecular weight is 455 g/mol. The Balaban J connectivity index is 1.64. The lowest BCUT2D eigenvalue weighted by molar-refractivity contribution is 0.196. The third-order valence-corrected chi connectivity index (χ3v) is 6.66. The Labute approximate surface area is 199 Å². The average Bonchev–Trinajstić information content (AvgIpc) is 3.24. The molecule has 0 aliphatic heterocycles. The van der Waals surface area contributed by atoms with Crippen molar-refractivity contribution < 1.29 is 4.74 Å². The van der Waals surface area contributed by atoms with Crippen LogP contribution < -0.4 is 11.5 Å². The number of hydrogen-bond donors (Lipinski definition) is 2. The molecular weight excluding hydrogens is 424 g/mol. The van der Waals surface area contributed by atoms with Crippen molar-refractivity contribution >= 4 is 16.7 Å². The van der Waals surface area contributed by atoms with Gasteiger partial charge in [-0.1, -0.05) is 42.5 Å². The monoisotopic (exact) mass is 454 g/mol. The Bertz CT molecular complexity index is 1310. The number of hydrogen-bond acceptors (Lipinski definition) is 6. The maximum Gasteiger partial charge on any atom is 0.169 e. The molecule has 0 saturated heterocycles. The fourth-order valence-corrected chi connectivity index (χ4v) is 4.53. The van der Waals surface area contributed by atoms with Crippen LogP contribution >= 0.6 is 0 Å². The molecule has 2 aromatic carbocycles. The van der Waals surface area contributed by atoms with Crippen LogP contribution in [0.4, 0.5) is 0 Å². The molecule has 0 amide bonds. The Hall–Kier alpha value is -3.55. The molecule has 7 nitrogen and oxygen atoms in total. The number of nitrogens with two attached hydrogens (primary N) is 2. The van der Waals surface area contributed by atoms with Gasteiger partial charge in [0.15, 0.2) is 11.5 Å². The lowest BCUT2D eigenvalue weighted by atomic mass is 9.73. The second-order valence-electron chi connectivity index (χ2n) is 8.88. The summed E-state index contributed by atoms with van der Waals surface area (Å²) in [6.45, 7) is 0.656. The zero-order valence-corrected chi connectivity index (χ0v) is 19.4. The van der Waals surface area contributed by atoms with Crippen LogP contribution in [0.5, 0.6) is 0 Å². The Morgan fingerprint density at radius 3 is 2.50 bits per heavy atom. The van der Waals surface area contributed by atoms with E-state index in [9.17, 15) is 0 Å². The summed E-state index contributed by atoms with van der Waals surface area (Å²) in [6, 6.07) is 18.4. The number of nitrogens with zero attached hydrogens (tertiary/aromatic N) is 4. The van der Waals surface area contributed by atoms with Crippen LogP contribution in [0.15, 0.2) is 67.0 Å². The minimum absolute atomic E-state index is 0.205. The maximum atomic E-state index is 6.56. The zero-order chi connectivity index (χ0) is 23.5. The first-order valence-electron chi connectivity index (χ1n) is 11.7. The molecule has 0 atom stereocenters. The number of imidazole rings is 1. The minimum atomic E-state index is -0.205. The number of rotatable bonds is 8. The summed E-state index contributed by atoms with van der Waals surface area (Å²) in [7, 11) is 1.70. The highest BCUT2D eigenvalue weighted by molar-refractivity contribution is 5.80. The van der Waals surface area contributed by atoms with Gasteiger partial charge >= 0.3 is 0 Å². The summed E-state index contributed by atoms with van der Waals surface area (Å²) in [4.78, 5) is 14.4. The van der Waals surface area contributed by atoms with E-state index in [2.05, 4.69) is 33.8 Å². The first kappa shape index (κ1) is 22.3. The van der Waals surface area contributed by atoms with Crippen molar-refractivity contribution in [3.05, 3.63) is 78.4 Å². The van der Waals surface area contributed by atoms with Crippen LogP contribution in [-0.2, 0) is 10.3 Å². The number of fused-ring (bicyclic) bond motifs is 1. The van der Waals surface area contributed by atoms with E-state index in [1.54, 1.807) is 19.5 Å². The molecule has 0 unspecified atom stereocenters. The van der Waals surface area contributed by atoms with Crippen LogP contribution in [0, 0.1) is 0 Å². The molecule has 1 aliphatic rings. The van der Waals surface area contributed by atoms with Crippen molar-refractivity contribution in [2.24, 2.45) is 11.5 Å². The summed E-state index contributed by atoms with van der Waals surface area (Å²) >= 11 is 0. The van der Waals surface area contributed by atoms with Crippen LogP contribution in [0.25, 0.3) is 33.8 Å². The van der Waals surface area contributed by atoms with Crippen molar-refractivity contribution in [1.82, 2.24) is 19.5 Å². The van der Waals surface area contributed by atoms with Crippen molar-refractivity contribution in [1.29, 1.82) is 0 Å². The van der Waals surface area contributed by atoms with E-state index in [1.165, 1.54) is 12.0 Å². The molecule has 5 rings (SSSR count). The summed E-state index contributed by atoms with van der Waals surface area (Å²) < 4.78 is 7.31. The van der Waals surface area contributed by atoms with Gasteiger partial charge in [0.05, 0.1) is 6.20 Å². The molecule has 0 radical (unpaired) electrons. The van der Waals surface area contributed by atoms with Gasteiger partial charge in [0.2, 0.25) is 0 Å². The van der Waals surface area contributed by atoms with E-state index in [0.717, 1.165) is 59.5 Å². The topological polar surface area (TPSA) is 105 Å². The molecule has 1 saturated carbocycles. The lowest BCUT2D eigenvalue weighted by Gasteiger charge is -2.38. The van der Waals surface area contributed by atoms with Gasteiger partial charge in [0, 0.05) is 42.3 Å². The first-order valence-corrected chi connectivity index (χ1v) is 11.7. The number of methoxy groups -OCH3 is 1. The van der Waals surface area contributed by atoms with Crippen LogP contribution in [0.3, 0.4) is 0 Å². The number of ether oxygens (including phenoxy) is 1. The van der Waals surface area contributed by atoms with E-state index < -0.39 is 0 Å². The molecule has 1 fully saturated rings. The fraction of sp³-hybridized carbons (Fsp3) is 0.296. The number of benzene rings is 2. The molecule has 2 heterocycles. The molecule has 174 valence electrons. The van der Waals surface area contributed by atoms with Gasteiger partial charge in [-0.3, -0.25) is 4.57 Å². The molecule has 4 aromatic rings. The SMILES string of the molecule is COCCC/C(=C\N)c1nc2cnc(-c3ccccc3)nc2n1-c1ccc(C2(N)CCC2)cc1. The molecule has 2 aromatic heterocycles.